The van der Waals surface area contributed by atoms with Gasteiger partial charge >= 0.3 is 0 Å². The number of benzene rings is 1. The summed E-state index contributed by atoms with van der Waals surface area (Å²) in [7, 11) is -3.24. The Balaban J connectivity index is 2.19. The van der Waals surface area contributed by atoms with E-state index in [4.69, 9.17) is 16.0 Å². The number of furan rings is 1. The quantitative estimate of drug-likeness (QED) is 0.789. The first-order chi connectivity index (χ1) is 8.95. The van der Waals surface area contributed by atoms with Crippen molar-refractivity contribution in [1.29, 1.82) is 0 Å². The third kappa shape index (κ3) is 2.13. The fraction of sp³-hybridized carbons (Fsp3) is 0.0833. The molecule has 0 aliphatic rings. The van der Waals surface area contributed by atoms with Gasteiger partial charge in [0.1, 0.15) is 5.82 Å². The number of nitrogens with one attached hydrogen (secondary N) is 1. The van der Waals surface area contributed by atoms with Gasteiger partial charge in [0.25, 0.3) is 0 Å². The van der Waals surface area contributed by atoms with Crippen LogP contribution in [0, 0.1) is 0 Å². The Morgan fingerprint density at radius 3 is 2.74 bits per heavy atom. The SMILES string of the molecule is CS(=O)(=O)c1ccc2nc(-c3ccoc3Cl)[nH]c2c1. The number of fused-ring (bicyclic) bond motifs is 1. The van der Waals surface area contributed by atoms with Crippen molar-refractivity contribution in [3.05, 3.63) is 35.7 Å². The topological polar surface area (TPSA) is 76.0 Å². The van der Waals surface area contributed by atoms with Crippen LogP contribution in [0.5, 0.6) is 0 Å². The molecule has 0 aliphatic heterocycles. The molecular weight excluding hydrogens is 288 g/mol. The van der Waals surface area contributed by atoms with E-state index in [0.29, 0.717) is 22.4 Å². The van der Waals surface area contributed by atoms with Gasteiger partial charge in [-0.15, -0.1) is 0 Å². The average molecular weight is 297 g/mol. The number of nitrogens with zero attached hydrogens (tertiary/aromatic N) is 1. The van der Waals surface area contributed by atoms with E-state index in [1.165, 1.54) is 18.6 Å². The molecule has 2 aromatic heterocycles. The Morgan fingerprint density at radius 1 is 1.32 bits per heavy atom. The molecule has 0 radical (unpaired) electrons. The van der Waals surface area contributed by atoms with Crippen LogP contribution >= 0.6 is 11.6 Å². The number of rotatable bonds is 2. The van der Waals surface area contributed by atoms with Crippen LogP contribution in [-0.4, -0.2) is 24.6 Å². The molecule has 98 valence electrons. The van der Waals surface area contributed by atoms with Crippen molar-refractivity contribution >= 4 is 32.5 Å². The van der Waals surface area contributed by atoms with Crippen LogP contribution < -0.4 is 0 Å². The number of hydrogen-bond acceptors (Lipinski definition) is 4. The molecule has 0 fully saturated rings. The number of hydrogen-bond donors (Lipinski definition) is 1. The summed E-state index contributed by atoms with van der Waals surface area (Å²) in [6.07, 6.45) is 2.63. The van der Waals surface area contributed by atoms with Crippen LogP contribution in [0.25, 0.3) is 22.4 Å². The third-order valence-electron chi connectivity index (χ3n) is 2.75. The first-order valence-corrected chi connectivity index (χ1v) is 7.65. The molecule has 2 heterocycles. The first-order valence-electron chi connectivity index (χ1n) is 5.38. The van der Waals surface area contributed by atoms with E-state index in [2.05, 4.69) is 9.97 Å². The predicted octanol–water partition coefficient (Wildman–Crippen LogP) is 2.88. The molecule has 0 unspecified atom stereocenters. The van der Waals surface area contributed by atoms with Gasteiger partial charge in [-0.2, -0.15) is 0 Å². The summed E-state index contributed by atoms with van der Waals surface area (Å²) in [5.74, 6) is 0.541. The highest BCUT2D eigenvalue weighted by Gasteiger charge is 2.13. The van der Waals surface area contributed by atoms with E-state index < -0.39 is 9.84 Å². The Bertz CT molecular complexity index is 864. The standard InChI is InChI=1S/C12H9ClN2O3S/c1-19(16,17)7-2-3-9-10(6-7)15-12(14-9)8-4-5-18-11(8)13/h2-6H,1H3,(H,14,15). The molecule has 3 rings (SSSR count). The molecule has 0 aliphatic carbocycles. The van der Waals surface area contributed by atoms with Crippen LogP contribution in [0.4, 0.5) is 0 Å². The van der Waals surface area contributed by atoms with E-state index in [9.17, 15) is 8.42 Å². The lowest BCUT2D eigenvalue weighted by Gasteiger charge is -1.96. The number of sulfone groups is 1. The highest BCUT2D eigenvalue weighted by molar-refractivity contribution is 7.90. The van der Waals surface area contributed by atoms with Crippen LogP contribution in [0.2, 0.25) is 5.22 Å². The summed E-state index contributed by atoms with van der Waals surface area (Å²) in [6, 6.07) is 6.42. The molecule has 0 saturated carbocycles. The lowest BCUT2D eigenvalue weighted by molar-refractivity contribution is 0.570. The molecule has 0 saturated heterocycles. The summed E-state index contributed by atoms with van der Waals surface area (Å²) in [6.45, 7) is 0. The maximum Gasteiger partial charge on any atom is 0.203 e. The minimum absolute atomic E-state index is 0.238. The van der Waals surface area contributed by atoms with E-state index in [0.717, 1.165) is 0 Å². The van der Waals surface area contributed by atoms with Crippen molar-refractivity contribution in [2.45, 2.75) is 4.90 Å². The van der Waals surface area contributed by atoms with Gasteiger partial charge < -0.3 is 9.40 Å². The fourth-order valence-corrected chi connectivity index (χ4v) is 2.66. The predicted molar refractivity (Wildman–Crippen MR) is 71.9 cm³/mol. The van der Waals surface area contributed by atoms with Crippen LogP contribution in [0.3, 0.4) is 0 Å². The Hall–Kier alpha value is -1.79. The van der Waals surface area contributed by atoms with Gasteiger partial charge in [0.15, 0.2) is 9.84 Å². The summed E-state index contributed by atoms with van der Waals surface area (Å²) < 4.78 is 28.0. The lowest BCUT2D eigenvalue weighted by Crippen LogP contribution is -1.96. The largest absolute Gasteiger partial charge is 0.452 e. The smallest absolute Gasteiger partial charge is 0.203 e. The number of halogens is 1. The zero-order valence-corrected chi connectivity index (χ0v) is 11.4. The molecule has 0 amide bonds. The summed E-state index contributed by atoms with van der Waals surface area (Å²) in [5, 5.41) is 0.238. The van der Waals surface area contributed by atoms with Crippen molar-refractivity contribution in [2.24, 2.45) is 0 Å². The van der Waals surface area contributed by atoms with Crippen molar-refractivity contribution < 1.29 is 12.8 Å². The maximum atomic E-state index is 11.5. The molecule has 0 atom stereocenters. The van der Waals surface area contributed by atoms with Crippen molar-refractivity contribution in [2.75, 3.05) is 6.26 Å². The van der Waals surface area contributed by atoms with Gasteiger partial charge in [0, 0.05) is 6.26 Å². The van der Waals surface area contributed by atoms with Crippen LogP contribution in [0.1, 0.15) is 0 Å². The van der Waals surface area contributed by atoms with Gasteiger partial charge in [0.2, 0.25) is 5.22 Å². The number of imidazole rings is 1. The Kier molecular flexibility index (Phi) is 2.65. The van der Waals surface area contributed by atoms with E-state index in [-0.39, 0.29) is 10.1 Å². The Labute approximate surface area is 114 Å². The van der Waals surface area contributed by atoms with Crippen molar-refractivity contribution in [3.8, 4) is 11.4 Å². The second-order valence-electron chi connectivity index (χ2n) is 4.14. The highest BCUT2D eigenvalue weighted by Crippen LogP contribution is 2.28. The minimum atomic E-state index is -3.24. The first kappa shape index (κ1) is 12.3. The van der Waals surface area contributed by atoms with E-state index in [1.807, 2.05) is 0 Å². The van der Waals surface area contributed by atoms with Gasteiger partial charge in [-0.1, -0.05) is 0 Å². The molecule has 0 bridgehead atoms. The van der Waals surface area contributed by atoms with Gasteiger partial charge in [-0.25, -0.2) is 13.4 Å². The molecule has 0 spiro atoms. The van der Waals surface area contributed by atoms with Crippen molar-refractivity contribution in [3.63, 3.8) is 0 Å². The second-order valence-corrected chi connectivity index (χ2v) is 6.50. The Morgan fingerprint density at radius 2 is 2.11 bits per heavy atom. The van der Waals surface area contributed by atoms with Crippen molar-refractivity contribution in [1.82, 2.24) is 9.97 Å². The maximum absolute atomic E-state index is 11.5. The second kappa shape index (κ2) is 4.11. The number of H-pyrrole nitrogens is 1. The van der Waals surface area contributed by atoms with Gasteiger partial charge in [-0.05, 0) is 35.9 Å². The normalized spacial score (nSPS) is 12.1. The molecular formula is C12H9ClN2O3S. The fourth-order valence-electron chi connectivity index (χ4n) is 1.81. The number of aromatic nitrogens is 2. The molecule has 3 aromatic rings. The van der Waals surface area contributed by atoms with E-state index in [1.54, 1.807) is 18.2 Å². The molecule has 1 N–H and O–H groups in total. The number of aromatic amines is 1. The van der Waals surface area contributed by atoms with Crippen LogP contribution in [-0.2, 0) is 9.84 Å². The summed E-state index contributed by atoms with van der Waals surface area (Å²) in [4.78, 5) is 7.62. The molecule has 19 heavy (non-hydrogen) atoms. The van der Waals surface area contributed by atoms with E-state index >= 15 is 0 Å². The summed E-state index contributed by atoms with van der Waals surface area (Å²) in [5.41, 5.74) is 1.94. The zero-order chi connectivity index (χ0) is 13.6. The van der Waals surface area contributed by atoms with Crippen LogP contribution in [0.15, 0.2) is 39.8 Å². The zero-order valence-electron chi connectivity index (χ0n) is 9.84. The third-order valence-corrected chi connectivity index (χ3v) is 4.16. The van der Waals surface area contributed by atoms with Gasteiger partial charge in [0.05, 0.1) is 27.8 Å². The molecule has 7 heteroatoms. The molecule has 5 nitrogen and oxygen atoms in total. The monoisotopic (exact) mass is 296 g/mol. The summed E-state index contributed by atoms with van der Waals surface area (Å²) >= 11 is 5.88. The molecule has 1 aromatic carbocycles. The highest BCUT2D eigenvalue weighted by atomic mass is 35.5. The lowest BCUT2D eigenvalue weighted by atomic mass is 10.3. The minimum Gasteiger partial charge on any atom is -0.452 e. The average Bonchev–Trinajstić information content (AvgIpc) is 2.91. The van der Waals surface area contributed by atoms with Gasteiger partial charge in [-0.3, -0.25) is 0 Å².